The maximum absolute atomic E-state index is 12.8. The van der Waals surface area contributed by atoms with Gasteiger partial charge in [-0.25, -0.2) is 0 Å². The third-order valence-corrected chi connectivity index (χ3v) is 11.5. The number of quaternary nitrogens is 1. The molecule has 8 heteroatoms. The lowest BCUT2D eigenvalue weighted by molar-refractivity contribution is -0.889. The second-order valence-electron chi connectivity index (χ2n) is 18.4. The van der Waals surface area contributed by atoms with Crippen LogP contribution in [0.15, 0.2) is 48.6 Å². The topological polar surface area (TPSA) is 102 Å². The van der Waals surface area contributed by atoms with Crippen molar-refractivity contribution >= 4 is 17.9 Å². The number of carboxylic acid groups (broad SMARTS) is 1. The van der Waals surface area contributed by atoms with Crippen LogP contribution in [0, 0.1) is 0 Å². The average molecular weight is 872 g/mol. The molecule has 0 heterocycles. The van der Waals surface area contributed by atoms with Crippen LogP contribution >= 0.6 is 0 Å². The van der Waals surface area contributed by atoms with Crippen LogP contribution in [0.4, 0.5) is 0 Å². The molecule has 62 heavy (non-hydrogen) atoms. The molecule has 0 N–H and O–H groups in total. The van der Waals surface area contributed by atoms with E-state index in [-0.39, 0.29) is 42.7 Å². The summed E-state index contributed by atoms with van der Waals surface area (Å²) in [6, 6.07) is -0.727. The third kappa shape index (κ3) is 42.6. The first-order chi connectivity index (χ1) is 30.1. The Bertz CT molecular complexity index is 1150. The molecule has 0 aliphatic carbocycles. The number of aliphatic carboxylic acids is 1. The molecule has 0 radical (unpaired) electrons. The summed E-state index contributed by atoms with van der Waals surface area (Å²) in [5, 5.41) is 11.7. The quantitative estimate of drug-likeness (QED) is 0.0260. The van der Waals surface area contributed by atoms with Crippen molar-refractivity contribution < 1.29 is 38.2 Å². The van der Waals surface area contributed by atoms with Gasteiger partial charge in [0.2, 0.25) is 0 Å². The maximum atomic E-state index is 12.8. The van der Waals surface area contributed by atoms with E-state index in [1.807, 2.05) is 0 Å². The summed E-state index contributed by atoms with van der Waals surface area (Å²) >= 11 is 0. The van der Waals surface area contributed by atoms with Gasteiger partial charge >= 0.3 is 11.9 Å². The van der Waals surface area contributed by atoms with Crippen LogP contribution in [0.5, 0.6) is 0 Å². The highest BCUT2D eigenvalue weighted by Gasteiger charge is 2.25. The summed E-state index contributed by atoms with van der Waals surface area (Å²) in [5.41, 5.74) is 0. The van der Waals surface area contributed by atoms with Gasteiger partial charge in [-0.05, 0) is 51.4 Å². The van der Waals surface area contributed by atoms with Gasteiger partial charge in [0.15, 0.2) is 6.10 Å². The van der Waals surface area contributed by atoms with Gasteiger partial charge in [0.1, 0.15) is 12.6 Å². The zero-order valence-corrected chi connectivity index (χ0v) is 41.0. The molecule has 0 aliphatic heterocycles. The molecule has 0 bridgehead atoms. The van der Waals surface area contributed by atoms with Gasteiger partial charge in [0.05, 0.1) is 40.3 Å². The fourth-order valence-corrected chi connectivity index (χ4v) is 7.53. The Morgan fingerprint density at radius 3 is 1.34 bits per heavy atom. The van der Waals surface area contributed by atoms with Crippen molar-refractivity contribution in [1.29, 1.82) is 0 Å². The number of hydrogen-bond acceptors (Lipinski definition) is 7. The predicted octanol–water partition coefficient (Wildman–Crippen LogP) is 13.4. The first-order valence-electron chi connectivity index (χ1n) is 25.7. The average Bonchev–Trinajstić information content (AvgIpc) is 3.23. The lowest BCUT2D eigenvalue weighted by Gasteiger charge is -2.34. The first kappa shape index (κ1) is 59.3. The smallest absolute Gasteiger partial charge is 0.306 e. The van der Waals surface area contributed by atoms with Gasteiger partial charge in [-0.2, -0.15) is 0 Å². The first-order valence-corrected chi connectivity index (χ1v) is 25.7. The van der Waals surface area contributed by atoms with Crippen LogP contribution in [0.25, 0.3) is 0 Å². The van der Waals surface area contributed by atoms with E-state index in [0.717, 1.165) is 70.6 Å². The molecule has 2 unspecified atom stereocenters. The molecule has 0 spiro atoms. The summed E-state index contributed by atoms with van der Waals surface area (Å²) in [6.45, 7) is 4.57. The monoisotopic (exact) mass is 872 g/mol. The van der Waals surface area contributed by atoms with Crippen LogP contribution in [-0.2, 0) is 28.6 Å². The van der Waals surface area contributed by atoms with Crippen molar-refractivity contribution in [3.8, 4) is 0 Å². The zero-order chi connectivity index (χ0) is 45.6. The second kappa shape index (κ2) is 44.9. The van der Waals surface area contributed by atoms with Crippen molar-refractivity contribution in [3.63, 3.8) is 0 Å². The van der Waals surface area contributed by atoms with Crippen molar-refractivity contribution in [2.45, 2.75) is 238 Å². The van der Waals surface area contributed by atoms with Gasteiger partial charge in [0.25, 0.3) is 0 Å². The van der Waals surface area contributed by atoms with Crippen LogP contribution in [0.1, 0.15) is 226 Å². The minimum atomic E-state index is -1.12. The number of esters is 2. The van der Waals surface area contributed by atoms with Crippen LogP contribution < -0.4 is 5.11 Å². The fraction of sp³-hybridized carbons (Fsp3) is 0.796. The molecule has 0 aromatic rings. The largest absolute Gasteiger partial charge is 0.544 e. The minimum Gasteiger partial charge on any atom is -0.544 e. The van der Waals surface area contributed by atoms with Crippen molar-refractivity contribution in [2.24, 2.45) is 0 Å². The lowest BCUT2D eigenvalue weighted by atomic mass is 10.0. The molecule has 360 valence electrons. The Hall–Kier alpha value is -2.71. The highest BCUT2D eigenvalue weighted by molar-refractivity contribution is 5.70. The van der Waals surface area contributed by atoms with Crippen LogP contribution in [0.2, 0.25) is 0 Å². The molecular weight excluding hydrogens is 775 g/mol. The van der Waals surface area contributed by atoms with E-state index < -0.39 is 18.1 Å². The number of carbonyl (C=O) groups is 3. The molecule has 0 saturated heterocycles. The molecular formula is C54H97NO7. The van der Waals surface area contributed by atoms with Gasteiger partial charge in [-0.1, -0.05) is 204 Å². The van der Waals surface area contributed by atoms with Crippen LogP contribution in [0.3, 0.4) is 0 Å². The Morgan fingerprint density at radius 2 is 0.903 bits per heavy atom. The summed E-state index contributed by atoms with van der Waals surface area (Å²) in [6.07, 6.45) is 54.2. The molecule has 0 rings (SSSR count). The molecule has 0 saturated carbocycles. The number of likely N-dealkylation sites (N-methyl/N-ethyl adjacent to an activating group) is 1. The standard InChI is InChI=1S/C54H97NO7/c1-6-8-10-12-14-16-18-20-22-24-25-26-27-29-31-33-35-37-39-41-43-45-53(57)62-50(48-60-47-46-51(54(58)59)55(3,4)5)49-61-52(56)44-42-40-38-36-34-32-30-28-23-21-19-17-15-13-11-9-7-2/h8,10,14,16,20,22,25-26,50-51H,6-7,9,11-13,15,17-19,21,23-24,27-49H2,1-5H3/b10-8-,16-14-,22-20-,26-25-. The van der Waals surface area contributed by atoms with Gasteiger partial charge in [-0.15, -0.1) is 0 Å². The van der Waals surface area contributed by atoms with Crippen molar-refractivity contribution in [2.75, 3.05) is 41.0 Å². The van der Waals surface area contributed by atoms with E-state index >= 15 is 0 Å². The molecule has 0 fully saturated rings. The molecule has 0 aromatic carbocycles. The number of nitrogens with zero attached hydrogens (tertiary/aromatic N) is 1. The van der Waals surface area contributed by atoms with E-state index in [9.17, 15) is 19.5 Å². The lowest BCUT2D eigenvalue weighted by Crippen LogP contribution is -2.55. The summed E-state index contributed by atoms with van der Waals surface area (Å²) in [7, 11) is 5.42. The number of unbranched alkanes of at least 4 members (excludes halogenated alkanes) is 24. The zero-order valence-electron chi connectivity index (χ0n) is 41.0. The number of hydrogen-bond donors (Lipinski definition) is 0. The summed E-state index contributed by atoms with van der Waals surface area (Å²) in [5.74, 6) is -1.73. The van der Waals surface area contributed by atoms with E-state index in [2.05, 4.69) is 62.5 Å². The second-order valence-corrected chi connectivity index (χ2v) is 18.4. The number of carbonyl (C=O) groups excluding carboxylic acids is 3. The predicted molar refractivity (Wildman–Crippen MR) is 259 cm³/mol. The molecule has 8 nitrogen and oxygen atoms in total. The number of carboxylic acids is 1. The fourth-order valence-electron chi connectivity index (χ4n) is 7.53. The highest BCUT2D eigenvalue weighted by Crippen LogP contribution is 2.16. The van der Waals surface area contributed by atoms with Crippen LogP contribution in [-0.4, -0.2) is 75.5 Å². The third-order valence-electron chi connectivity index (χ3n) is 11.5. The van der Waals surface area contributed by atoms with Gasteiger partial charge in [-0.3, -0.25) is 9.59 Å². The molecule has 0 aliphatic rings. The number of ether oxygens (including phenoxy) is 3. The molecule has 0 aromatic heterocycles. The van der Waals surface area contributed by atoms with Crippen molar-refractivity contribution in [3.05, 3.63) is 48.6 Å². The van der Waals surface area contributed by atoms with E-state index in [1.165, 1.54) is 122 Å². The van der Waals surface area contributed by atoms with E-state index in [0.29, 0.717) is 12.8 Å². The van der Waals surface area contributed by atoms with Gasteiger partial charge < -0.3 is 28.6 Å². The Labute approximate surface area is 382 Å². The SMILES string of the molecule is CC/C=C\C/C=C\C/C=C\C/C=C\CCCCCCCCCCC(=O)OC(COCCC(C(=O)[O-])[N+](C)(C)C)COC(=O)CCCCCCCCCCCCCCCCCCC. The number of allylic oxidation sites excluding steroid dienone is 8. The van der Waals surface area contributed by atoms with E-state index in [4.69, 9.17) is 14.2 Å². The summed E-state index contributed by atoms with van der Waals surface area (Å²) in [4.78, 5) is 37.0. The maximum Gasteiger partial charge on any atom is 0.306 e. The molecule has 2 atom stereocenters. The van der Waals surface area contributed by atoms with Crippen molar-refractivity contribution in [1.82, 2.24) is 0 Å². The number of rotatable bonds is 46. The summed E-state index contributed by atoms with van der Waals surface area (Å²) < 4.78 is 17.2. The Kier molecular flexibility index (Phi) is 42.9. The van der Waals surface area contributed by atoms with E-state index in [1.54, 1.807) is 21.1 Å². The Morgan fingerprint density at radius 1 is 0.500 bits per heavy atom. The minimum absolute atomic E-state index is 0.0390. The normalized spacial score (nSPS) is 13.2. The highest BCUT2D eigenvalue weighted by atomic mass is 16.6. The molecule has 0 amide bonds. The Balaban J connectivity index is 4.25. The van der Waals surface area contributed by atoms with Gasteiger partial charge in [0, 0.05) is 19.3 Å².